The van der Waals surface area contributed by atoms with E-state index in [4.69, 9.17) is 4.74 Å². The number of ether oxygens (including phenoxy) is 1. The Morgan fingerprint density at radius 2 is 1.91 bits per heavy atom. The second-order valence-electron chi connectivity index (χ2n) is 5.92. The Balaban J connectivity index is 1.64. The van der Waals surface area contributed by atoms with Gasteiger partial charge < -0.3 is 15.4 Å². The maximum absolute atomic E-state index is 12.6. The fourth-order valence-corrected chi connectivity index (χ4v) is 3.06. The molecule has 0 aliphatic carbocycles. The number of nitrogens with zero attached hydrogens (tertiary/aromatic N) is 1. The molecule has 3 amide bonds. The summed E-state index contributed by atoms with van der Waals surface area (Å²) in [6.45, 7) is 3.61. The standard InChI is InChI=1S/C16H21N3O3/c1-12(22-13-5-3-2-4-6-13)11-19-14(20)16(18-15(19)21)7-9-17-10-8-16/h2-6,12,17H,7-11H2,1H3,(H,18,21)/t12-/m0/s1. The fourth-order valence-electron chi connectivity index (χ4n) is 3.06. The summed E-state index contributed by atoms with van der Waals surface area (Å²) >= 11 is 0. The second-order valence-corrected chi connectivity index (χ2v) is 5.92. The van der Waals surface area contributed by atoms with Gasteiger partial charge in [-0.15, -0.1) is 0 Å². The van der Waals surface area contributed by atoms with E-state index in [2.05, 4.69) is 10.6 Å². The number of hydrogen-bond acceptors (Lipinski definition) is 4. The number of carbonyl (C=O) groups is 2. The van der Waals surface area contributed by atoms with Crippen molar-refractivity contribution < 1.29 is 14.3 Å². The van der Waals surface area contributed by atoms with E-state index in [0.717, 1.165) is 18.8 Å². The maximum atomic E-state index is 12.6. The van der Waals surface area contributed by atoms with Gasteiger partial charge in [-0.1, -0.05) is 18.2 Å². The van der Waals surface area contributed by atoms with Crippen molar-refractivity contribution in [2.45, 2.75) is 31.4 Å². The molecular weight excluding hydrogens is 282 g/mol. The largest absolute Gasteiger partial charge is 0.489 e. The molecule has 1 spiro atoms. The first kappa shape index (κ1) is 14.8. The molecule has 0 saturated carbocycles. The zero-order valence-corrected chi connectivity index (χ0v) is 12.7. The number of benzene rings is 1. The van der Waals surface area contributed by atoms with Gasteiger partial charge in [0.05, 0.1) is 6.54 Å². The molecular formula is C16H21N3O3. The maximum Gasteiger partial charge on any atom is 0.325 e. The van der Waals surface area contributed by atoms with Crippen LogP contribution in [0.1, 0.15) is 19.8 Å². The molecule has 0 unspecified atom stereocenters. The normalized spacial score (nSPS) is 21.8. The highest BCUT2D eigenvalue weighted by Crippen LogP contribution is 2.27. The van der Waals surface area contributed by atoms with Crippen LogP contribution in [0.25, 0.3) is 0 Å². The number of imide groups is 1. The van der Waals surface area contributed by atoms with Gasteiger partial charge in [0.25, 0.3) is 5.91 Å². The summed E-state index contributed by atoms with van der Waals surface area (Å²) in [4.78, 5) is 26.1. The van der Waals surface area contributed by atoms with Crippen molar-refractivity contribution in [1.29, 1.82) is 0 Å². The van der Waals surface area contributed by atoms with Gasteiger partial charge in [0.1, 0.15) is 17.4 Å². The van der Waals surface area contributed by atoms with E-state index in [0.29, 0.717) is 12.8 Å². The molecule has 2 N–H and O–H groups in total. The van der Waals surface area contributed by atoms with Crippen molar-refractivity contribution in [3.05, 3.63) is 30.3 Å². The summed E-state index contributed by atoms with van der Waals surface area (Å²) in [6.07, 6.45) is 1.03. The monoisotopic (exact) mass is 303 g/mol. The summed E-state index contributed by atoms with van der Waals surface area (Å²) in [5.41, 5.74) is -0.713. The van der Waals surface area contributed by atoms with Gasteiger partial charge in [0.15, 0.2) is 0 Å². The summed E-state index contributed by atoms with van der Waals surface area (Å²) in [5.74, 6) is 0.612. The third kappa shape index (κ3) is 2.78. The van der Waals surface area contributed by atoms with Crippen molar-refractivity contribution >= 4 is 11.9 Å². The lowest BCUT2D eigenvalue weighted by Crippen LogP contribution is -2.54. The fraction of sp³-hybridized carbons (Fsp3) is 0.500. The van der Waals surface area contributed by atoms with Crippen LogP contribution >= 0.6 is 0 Å². The molecule has 0 radical (unpaired) electrons. The highest BCUT2D eigenvalue weighted by atomic mass is 16.5. The number of nitrogens with one attached hydrogen (secondary N) is 2. The SMILES string of the molecule is C[C@@H](CN1C(=O)NC2(CCNCC2)C1=O)Oc1ccccc1. The summed E-state index contributed by atoms with van der Waals surface area (Å²) in [6, 6.07) is 9.10. The summed E-state index contributed by atoms with van der Waals surface area (Å²) in [5, 5.41) is 6.09. The van der Waals surface area contributed by atoms with E-state index in [-0.39, 0.29) is 24.6 Å². The van der Waals surface area contributed by atoms with Crippen LogP contribution in [0.2, 0.25) is 0 Å². The van der Waals surface area contributed by atoms with Crippen molar-refractivity contribution in [2.24, 2.45) is 0 Å². The van der Waals surface area contributed by atoms with E-state index in [1.165, 1.54) is 4.90 Å². The van der Waals surface area contributed by atoms with E-state index in [1.807, 2.05) is 37.3 Å². The number of hydrogen-bond donors (Lipinski definition) is 2. The van der Waals surface area contributed by atoms with E-state index < -0.39 is 5.54 Å². The third-order valence-corrected chi connectivity index (χ3v) is 4.22. The summed E-state index contributed by atoms with van der Waals surface area (Å²) < 4.78 is 5.76. The van der Waals surface area contributed by atoms with Crippen LogP contribution in [0.4, 0.5) is 4.79 Å². The Bertz CT molecular complexity index is 555. The van der Waals surface area contributed by atoms with Gasteiger partial charge in [-0.05, 0) is 45.0 Å². The van der Waals surface area contributed by atoms with E-state index in [1.54, 1.807) is 0 Å². The Kier molecular flexibility index (Phi) is 4.02. The van der Waals surface area contributed by atoms with E-state index >= 15 is 0 Å². The molecule has 118 valence electrons. The quantitative estimate of drug-likeness (QED) is 0.818. The average Bonchev–Trinajstić information content (AvgIpc) is 2.73. The lowest BCUT2D eigenvalue weighted by molar-refractivity contribution is -0.132. The molecule has 1 aromatic carbocycles. The molecule has 2 aliphatic heterocycles. The molecule has 0 bridgehead atoms. The van der Waals surface area contributed by atoms with Crippen molar-refractivity contribution in [2.75, 3.05) is 19.6 Å². The Morgan fingerprint density at radius 3 is 2.59 bits per heavy atom. The second kappa shape index (κ2) is 5.96. The Morgan fingerprint density at radius 1 is 1.23 bits per heavy atom. The van der Waals surface area contributed by atoms with Gasteiger partial charge in [-0.3, -0.25) is 9.69 Å². The molecule has 1 atom stereocenters. The number of piperidine rings is 1. The predicted octanol–water partition coefficient (Wildman–Crippen LogP) is 1.13. The molecule has 2 fully saturated rings. The number of urea groups is 1. The Hall–Kier alpha value is -2.08. The van der Waals surface area contributed by atoms with Crippen LogP contribution in [0.5, 0.6) is 5.75 Å². The van der Waals surface area contributed by atoms with Crippen LogP contribution in [-0.2, 0) is 4.79 Å². The highest BCUT2D eigenvalue weighted by molar-refractivity contribution is 6.07. The zero-order valence-electron chi connectivity index (χ0n) is 12.7. The van der Waals surface area contributed by atoms with Gasteiger partial charge in [-0.2, -0.15) is 0 Å². The zero-order chi connectivity index (χ0) is 15.6. The van der Waals surface area contributed by atoms with Crippen LogP contribution in [0, 0.1) is 0 Å². The molecule has 0 aromatic heterocycles. The minimum Gasteiger partial charge on any atom is -0.489 e. The number of amides is 3. The van der Waals surface area contributed by atoms with Gasteiger partial charge >= 0.3 is 6.03 Å². The molecule has 1 aromatic rings. The minimum absolute atomic E-state index is 0.123. The first-order valence-corrected chi connectivity index (χ1v) is 7.67. The number of carbonyl (C=O) groups excluding carboxylic acids is 2. The number of rotatable bonds is 4. The molecule has 6 nitrogen and oxygen atoms in total. The molecule has 2 saturated heterocycles. The van der Waals surface area contributed by atoms with Crippen molar-refractivity contribution in [3.8, 4) is 5.75 Å². The van der Waals surface area contributed by atoms with E-state index in [9.17, 15) is 9.59 Å². The van der Waals surface area contributed by atoms with Crippen LogP contribution in [0.3, 0.4) is 0 Å². The number of para-hydroxylation sites is 1. The van der Waals surface area contributed by atoms with Crippen LogP contribution in [-0.4, -0.2) is 48.1 Å². The first-order chi connectivity index (χ1) is 10.6. The van der Waals surface area contributed by atoms with Crippen LogP contribution < -0.4 is 15.4 Å². The van der Waals surface area contributed by atoms with Gasteiger partial charge in [0.2, 0.25) is 0 Å². The van der Waals surface area contributed by atoms with Crippen molar-refractivity contribution in [1.82, 2.24) is 15.5 Å². The molecule has 2 aliphatic rings. The smallest absolute Gasteiger partial charge is 0.325 e. The van der Waals surface area contributed by atoms with Crippen molar-refractivity contribution in [3.63, 3.8) is 0 Å². The molecule has 2 heterocycles. The van der Waals surface area contributed by atoms with Crippen LogP contribution in [0.15, 0.2) is 30.3 Å². The predicted molar refractivity (Wildman–Crippen MR) is 81.6 cm³/mol. The van der Waals surface area contributed by atoms with Gasteiger partial charge in [-0.25, -0.2) is 4.79 Å². The molecule has 6 heteroatoms. The topological polar surface area (TPSA) is 70.7 Å². The third-order valence-electron chi connectivity index (χ3n) is 4.22. The summed E-state index contributed by atoms with van der Waals surface area (Å²) in [7, 11) is 0. The molecule has 3 rings (SSSR count). The van der Waals surface area contributed by atoms with Gasteiger partial charge in [0, 0.05) is 0 Å². The highest BCUT2D eigenvalue weighted by Gasteiger charge is 2.51. The minimum atomic E-state index is -0.713. The average molecular weight is 303 g/mol. The first-order valence-electron chi connectivity index (χ1n) is 7.67. The lowest BCUT2D eigenvalue weighted by atomic mass is 9.88. The molecule has 22 heavy (non-hydrogen) atoms. The lowest BCUT2D eigenvalue weighted by Gasteiger charge is -2.31. The Labute approximate surface area is 129 Å².